The number of rotatable bonds is 5. The summed E-state index contributed by atoms with van der Waals surface area (Å²) in [6, 6.07) is 5.89. The summed E-state index contributed by atoms with van der Waals surface area (Å²) in [5, 5.41) is 6.20. The zero-order chi connectivity index (χ0) is 22.2. The molecule has 12 heteroatoms. The molecule has 2 amide bonds. The van der Waals surface area contributed by atoms with Gasteiger partial charge in [0.05, 0.1) is 19.0 Å². The van der Waals surface area contributed by atoms with Crippen molar-refractivity contribution in [2.45, 2.75) is 25.3 Å². The lowest BCUT2D eigenvalue weighted by atomic mass is 10.1. The second-order valence-corrected chi connectivity index (χ2v) is 7.14. The Hall–Kier alpha value is -4.35. The van der Waals surface area contributed by atoms with Gasteiger partial charge in [-0.05, 0) is 24.1 Å². The molecule has 12 nitrogen and oxygen atoms in total. The molecular formula is C20H16N6O6. The molecule has 1 fully saturated rings. The lowest BCUT2D eigenvalue weighted by Gasteiger charge is -2.21. The van der Waals surface area contributed by atoms with E-state index in [2.05, 4.69) is 25.4 Å². The van der Waals surface area contributed by atoms with Crippen molar-refractivity contribution in [3.05, 3.63) is 52.6 Å². The minimum Gasteiger partial charge on any atom is -0.481 e. The second-order valence-electron chi connectivity index (χ2n) is 7.14. The van der Waals surface area contributed by atoms with E-state index in [0.29, 0.717) is 28.6 Å². The largest absolute Gasteiger partial charge is 0.481 e. The molecule has 1 saturated heterocycles. The van der Waals surface area contributed by atoms with Crippen molar-refractivity contribution in [3.8, 4) is 17.4 Å². The van der Waals surface area contributed by atoms with Crippen molar-refractivity contribution < 1.29 is 23.3 Å². The lowest BCUT2D eigenvalue weighted by Crippen LogP contribution is -2.43. The van der Waals surface area contributed by atoms with Gasteiger partial charge in [0.15, 0.2) is 5.58 Å². The fourth-order valence-electron chi connectivity index (χ4n) is 3.59. The van der Waals surface area contributed by atoms with E-state index in [0.717, 1.165) is 5.56 Å². The molecule has 1 N–H and O–H groups in total. The first kappa shape index (κ1) is 19.6. The lowest BCUT2D eigenvalue weighted by molar-refractivity contribution is -0.135. The number of benzene rings is 1. The van der Waals surface area contributed by atoms with Crippen molar-refractivity contribution >= 4 is 22.9 Å². The molecule has 5 rings (SSSR count). The number of carbonyl (C=O) groups excluding carboxylic acids is 2. The van der Waals surface area contributed by atoms with Gasteiger partial charge in [0, 0.05) is 12.5 Å². The standard InChI is InChI=1S/C20H16N6O6/c1-30-16-8-11(21-9-22-16)18-24-17(32-25-18)7-10-2-4-14-13(6-10)26(20(29)31-14)12-3-5-15(27)23-19(12)28/h2,4,6,8-9,12H,3,5,7H2,1H3,(H,23,27,28). The first-order valence-electron chi connectivity index (χ1n) is 9.68. The third-order valence-corrected chi connectivity index (χ3v) is 5.10. The number of carbonyl (C=O) groups is 2. The van der Waals surface area contributed by atoms with Gasteiger partial charge in [0.1, 0.15) is 18.1 Å². The van der Waals surface area contributed by atoms with Gasteiger partial charge >= 0.3 is 5.76 Å². The number of methoxy groups -OCH3 is 1. The molecule has 1 unspecified atom stereocenters. The summed E-state index contributed by atoms with van der Waals surface area (Å²) in [5.74, 6) is -0.567. The van der Waals surface area contributed by atoms with E-state index < -0.39 is 17.7 Å². The van der Waals surface area contributed by atoms with Crippen molar-refractivity contribution in [1.29, 1.82) is 0 Å². The molecule has 1 aliphatic rings. The fraction of sp³-hybridized carbons (Fsp3) is 0.250. The van der Waals surface area contributed by atoms with Crippen LogP contribution in [0.2, 0.25) is 0 Å². The van der Waals surface area contributed by atoms with E-state index >= 15 is 0 Å². The third-order valence-electron chi connectivity index (χ3n) is 5.10. The van der Waals surface area contributed by atoms with Gasteiger partial charge in [-0.1, -0.05) is 11.2 Å². The van der Waals surface area contributed by atoms with Crippen molar-refractivity contribution in [3.63, 3.8) is 0 Å². The third kappa shape index (κ3) is 3.51. The Morgan fingerprint density at radius 3 is 2.91 bits per heavy atom. The van der Waals surface area contributed by atoms with Crippen LogP contribution in [0.1, 0.15) is 30.3 Å². The number of aromatic nitrogens is 5. The first-order valence-corrected chi connectivity index (χ1v) is 9.68. The topological polar surface area (TPSA) is 155 Å². The van der Waals surface area contributed by atoms with Crippen LogP contribution in [0.3, 0.4) is 0 Å². The Labute approximate surface area is 179 Å². The van der Waals surface area contributed by atoms with Crippen LogP contribution in [-0.4, -0.2) is 43.6 Å². The number of fused-ring (bicyclic) bond motifs is 1. The van der Waals surface area contributed by atoms with Gasteiger partial charge in [0.25, 0.3) is 0 Å². The fourth-order valence-corrected chi connectivity index (χ4v) is 3.59. The molecule has 3 aromatic heterocycles. The van der Waals surface area contributed by atoms with Gasteiger partial charge in [-0.15, -0.1) is 0 Å². The van der Waals surface area contributed by atoms with E-state index in [1.165, 1.54) is 18.0 Å². The highest BCUT2D eigenvalue weighted by molar-refractivity contribution is 6.00. The number of ether oxygens (including phenoxy) is 1. The number of oxazole rings is 1. The monoisotopic (exact) mass is 436 g/mol. The van der Waals surface area contributed by atoms with Crippen LogP contribution in [0.4, 0.5) is 0 Å². The summed E-state index contributed by atoms with van der Waals surface area (Å²) in [6.07, 6.45) is 1.98. The van der Waals surface area contributed by atoms with Crippen LogP contribution in [-0.2, 0) is 16.0 Å². The Balaban J connectivity index is 1.45. The Morgan fingerprint density at radius 1 is 1.22 bits per heavy atom. The predicted octanol–water partition coefficient (Wildman–Crippen LogP) is 1.01. The molecule has 4 aromatic rings. The molecule has 1 atom stereocenters. The van der Waals surface area contributed by atoms with Gasteiger partial charge < -0.3 is 13.7 Å². The Morgan fingerprint density at radius 2 is 2.09 bits per heavy atom. The Bertz CT molecular complexity index is 1400. The van der Waals surface area contributed by atoms with Gasteiger partial charge in [-0.3, -0.25) is 19.5 Å². The van der Waals surface area contributed by atoms with Crippen molar-refractivity contribution in [1.82, 2.24) is 30.0 Å². The Kier molecular flexibility index (Phi) is 4.73. The molecule has 32 heavy (non-hydrogen) atoms. The van der Waals surface area contributed by atoms with Crippen molar-refractivity contribution in [2.24, 2.45) is 0 Å². The van der Waals surface area contributed by atoms with Crippen LogP contribution in [0.25, 0.3) is 22.6 Å². The minimum absolute atomic E-state index is 0.147. The summed E-state index contributed by atoms with van der Waals surface area (Å²) < 4.78 is 17.0. The molecule has 0 saturated carbocycles. The maximum absolute atomic E-state index is 12.4. The average molecular weight is 436 g/mol. The van der Waals surface area contributed by atoms with Gasteiger partial charge in [-0.25, -0.2) is 14.8 Å². The highest BCUT2D eigenvalue weighted by Gasteiger charge is 2.31. The second kappa shape index (κ2) is 7.72. The number of piperidine rings is 1. The highest BCUT2D eigenvalue weighted by atomic mass is 16.5. The quantitative estimate of drug-likeness (QED) is 0.448. The summed E-state index contributed by atoms with van der Waals surface area (Å²) in [4.78, 5) is 48.5. The number of nitrogens with one attached hydrogen (secondary N) is 1. The molecule has 0 radical (unpaired) electrons. The highest BCUT2D eigenvalue weighted by Crippen LogP contribution is 2.25. The maximum Gasteiger partial charge on any atom is 0.420 e. The molecule has 1 aliphatic heterocycles. The van der Waals surface area contributed by atoms with Crippen LogP contribution in [0, 0.1) is 0 Å². The van der Waals surface area contributed by atoms with E-state index in [9.17, 15) is 14.4 Å². The molecule has 1 aromatic carbocycles. The summed E-state index contributed by atoms with van der Waals surface area (Å²) in [5.41, 5.74) is 1.99. The van der Waals surface area contributed by atoms with E-state index in [1.807, 2.05) is 0 Å². The molecule has 0 bridgehead atoms. The number of imide groups is 1. The summed E-state index contributed by atoms with van der Waals surface area (Å²) in [7, 11) is 1.49. The van der Waals surface area contributed by atoms with Crippen LogP contribution in [0.5, 0.6) is 5.88 Å². The zero-order valence-corrected chi connectivity index (χ0v) is 16.8. The smallest absolute Gasteiger partial charge is 0.420 e. The minimum atomic E-state index is -0.820. The van der Waals surface area contributed by atoms with Crippen LogP contribution >= 0.6 is 0 Å². The van der Waals surface area contributed by atoms with E-state index in [-0.39, 0.29) is 31.0 Å². The number of hydrogen-bond acceptors (Lipinski definition) is 10. The number of nitrogens with zero attached hydrogens (tertiary/aromatic N) is 5. The predicted molar refractivity (Wildman–Crippen MR) is 107 cm³/mol. The number of amides is 2. The zero-order valence-electron chi connectivity index (χ0n) is 16.8. The average Bonchev–Trinajstić information content (AvgIpc) is 3.38. The van der Waals surface area contributed by atoms with E-state index in [4.69, 9.17) is 13.7 Å². The van der Waals surface area contributed by atoms with Crippen LogP contribution < -0.4 is 15.8 Å². The molecule has 0 spiro atoms. The van der Waals surface area contributed by atoms with Gasteiger partial charge in [-0.2, -0.15) is 4.98 Å². The van der Waals surface area contributed by atoms with Crippen LogP contribution in [0.15, 0.2) is 44.3 Å². The van der Waals surface area contributed by atoms with E-state index in [1.54, 1.807) is 24.3 Å². The molecular weight excluding hydrogens is 420 g/mol. The normalized spacial score (nSPS) is 16.3. The first-order chi connectivity index (χ1) is 15.5. The van der Waals surface area contributed by atoms with Crippen molar-refractivity contribution in [2.75, 3.05) is 7.11 Å². The summed E-state index contributed by atoms with van der Waals surface area (Å²) >= 11 is 0. The number of hydrogen-bond donors (Lipinski definition) is 1. The van der Waals surface area contributed by atoms with Gasteiger partial charge in [0.2, 0.25) is 29.4 Å². The summed E-state index contributed by atoms with van der Waals surface area (Å²) in [6.45, 7) is 0. The molecule has 4 heterocycles. The SMILES string of the molecule is COc1cc(-c2noc(Cc3ccc4oc(=O)n(C5CCC(=O)NC5=O)c4c3)n2)ncn1. The molecule has 0 aliphatic carbocycles. The molecule has 162 valence electrons. The maximum atomic E-state index is 12.4.